The number of hydrogen-bond acceptors (Lipinski definition) is 5. The van der Waals surface area contributed by atoms with E-state index in [1.807, 2.05) is 24.4 Å². The fraction of sp³-hybridized carbons (Fsp3) is 0.481. The van der Waals surface area contributed by atoms with E-state index in [9.17, 15) is 4.79 Å². The first-order valence-electron chi connectivity index (χ1n) is 12.6. The Labute approximate surface area is 214 Å². The molecule has 8 heteroatoms. The molecule has 4 heterocycles. The molecule has 1 aliphatic carbocycles. The third-order valence-electron chi connectivity index (χ3n) is 8.14. The second-order valence-corrected chi connectivity index (χ2v) is 10.8. The van der Waals surface area contributed by atoms with Gasteiger partial charge in [-0.05, 0) is 58.1 Å². The van der Waals surface area contributed by atoms with Gasteiger partial charge in [0.05, 0.1) is 17.1 Å². The highest BCUT2D eigenvalue weighted by Gasteiger charge is 2.44. The molecule has 7 nitrogen and oxygen atoms in total. The van der Waals surface area contributed by atoms with Gasteiger partial charge >= 0.3 is 0 Å². The number of benzene rings is 1. The van der Waals surface area contributed by atoms with Gasteiger partial charge in [-0.25, -0.2) is 4.98 Å². The van der Waals surface area contributed by atoms with Gasteiger partial charge in [0.1, 0.15) is 5.82 Å². The van der Waals surface area contributed by atoms with Crippen LogP contribution in [0.2, 0.25) is 0 Å². The molecule has 2 aliphatic heterocycles. The van der Waals surface area contributed by atoms with Crippen molar-refractivity contribution >= 4 is 38.6 Å². The minimum atomic E-state index is 0.00805. The number of aromatic amines is 1. The van der Waals surface area contributed by atoms with E-state index in [-0.39, 0.29) is 5.92 Å². The fourth-order valence-corrected chi connectivity index (χ4v) is 7.01. The van der Waals surface area contributed by atoms with Crippen molar-refractivity contribution in [2.75, 3.05) is 57.9 Å². The van der Waals surface area contributed by atoms with Gasteiger partial charge < -0.3 is 19.5 Å². The Hall–Kier alpha value is -2.42. The standard InChI is InChI=1S/C27H32BrN5O2/c1-35-14-13-33-17-18(27(34)32-11-9-31(10-12-32)24-7-2-3-8-29-24)15-20-19-5-4-6-22-25(19)21(16-23(20)33)26(28)30-22/h2-8,18,20,23,30H,9-17H2,1H3/t18-,20-,23-/m1/s1. The summed E-state index contributed by atoms with van der Waals surface area (Å²) in [6, 6.07) is 13.0. The van der Waals surface area contributed by atoms with Gasteiger partial charge in [0.2, 0.25) is 5.91 Å². The van der Waals surface area contributed by atoms with Gasteiger partial charge in [0.15, 0.2) is 0 Å². The topological polar surface area (TPSA) is 64.7 Å². The number of amides is 1. The summed E-state index contributed by atoms with van der Waals surface area (Å²) in [6.07, 6.45) is 3.74. The Morgan fingerprint density at radius 1 is 1.17 bits per heavy atom. The van der Waals surface area contributed by atoms with Gasteiger partial charge in [0, 0.05) is 75.4 Å². The van der Waals surface area contributed by atoms with Gasteiger partial charge in [-0.2, -0.15) is 0 Å². The number of methoxy groups -OCH3 is 1. The molecule has 35 heavy (non-hydrogen) atoms. The van der Waals surface area contributed by atoms with E-state index in [0.717, 1.165) is 62.5 Å². The van der Waals surface area contributed by atoms with Crippen molar-refractivity contribution in [1.82, 2.24) is 19.8 Å². The molecule has 1 N–H and O–H groups in total. The summed E-state index contributed by atoms with van der Waals surface area (Å²) in [5.41, 5.74) is 3.94. The summed E-state index contributed by atoms with van der Waals surface area (Å²) in [7, 11) is 1.76. The van der Waals surface area contributed by atoms with Crippen molar-refractivity contribution in [1.29, 1.82) is 0 Å². The third-order valence-corrected chi connectivity index (χ3v) is 8.82. The number of halogens is 1. The average Bonchev–Trinajstić information content (AvgIpc) is 3.23. The molecule has 1 amide bonds. The summed E-state index contributed by atoms with van der Waals surface area (Å²) >= 11 is 3.77. The van der Waals surface area contributed by atoms with Crippen LogP contribution in [0.5, 0.6) is 0 Å². The zero-order valence-electron chi connectivity index (χ0n) is 20.1. The Balaban J connectivity index is 1.23. The molecule has 3 aromatic rings. The number of pyridine rings is 1. The molecule has 0 spiro atoms. The van der Waals surface area contributed by atoms with Crippen LogP contribution in [-0.4, -0.2) is 84.7 Å². The summed E-state index contributed by atoms with van der Waals surface area (Å²) in [4.78, 5) is 28.7. The van der Waals surface area contributed by atoms with E-state index in [2.05, 4.69) is 58.8 Å². The Morgan fingerprint density at radius 3 is 2.80 bits per heavy atom. The predicted octanol–water partition coefficient (Wildman–Crippen LogP) is 3.65. The minimum Gasteiger partial charge on any atom is -0.383 e. The minimum absolute atomic E-state index is 0.00805. The number of fused-ring (bicyclic) bond motifs is 2. The van der Waals surface area contributed by atoms with Crippen molar-refractivity contribution in [3.8, 4) is 0 Å². The number of aromatic nitrogens is 2. The summed E-state index contributed by atoms with van der Waals surface area (Å²) in [5.74, 6) is 1.66. The number of anilines is 1. The lowest BCUT2D eigenvalue weighted by molar-refractivity contribution is -0.139. The Bertz CT molecular complexity index is 1210. The number of ether oxygens (including phenoxy) is 1. The monoisotopic (exact) mass is 537 g/mol. The molecular weight excluding hydrogens is 506 g/mol. The lowest BCUT2D eigenvalue weighted by Crippen LogP contribution is -2.56. The smallest absolute Gasteiger partial charge is 0.227 e. The van der Waals surface area contributed by atoms with Crippen molar-refractivity contribution < 1.29 is 9.53 Å². The number of nitrogens with zero attached hydrogens (tertiary/aromatic N) is 4. The lowest BCUT2D eigenvalue weighted by atomic mass is 9.72. The van der Waals surface area contributed by atoms with Crippen LogP contribution in [0, 0.1) is 5.92 Å². The summed E-state index contributed by atoms with van der Waals surface area (Å²) in [6.45, 7) is 5.49. The number of piperazine rings is 1. The van der Waals surface area contributed by atoms with Crippen molar-refractivity contribution in [3.05, 3.63) is 58.3 Å². The first-order valence-corrected chi connectivity index (χ1v) is 13.4. The number of piperidine rings is 1. The highest BCUT2D eigenvalue weighted by atomic mass is 79.9. The average molecular weight is 538 g/mol. The molecular formula is C27H32BrN5O2. The maximum Gasteiger partial charge on any atom is 0.227 e. The van der Waals surface area contributed by atoms with Crippen LogP contribution in [0.4, 0.5) is 5.82 Å². The van der Waals surface area contributed by atoms with Crippen molar-refractivity contribution in [3.63, 3.8) is 0 Å². The number of H-pyrrole nitrogens is 1. The summed E-state index contributed by atoms with van der Waals surface area (Å²) < 4.78 is 6.55. The molecule has 1 aromatic carbocycles. The first kappa shape index (κ1) is 23.0. The number of rotatable bonds is 5. The van der Waals surface area contributed by atoms with Crippen LogP contribution in [0.3, 0.4) is 0 Å². The number of hydrogen-bond donors (Lipinski definition) is 1. The number of carbonyl (C=O) groups excluding carboxylic acids is 1. The van der Waals surface area contributed by atoms with Crippen LogP contribution < -0.4 is 4.90 Å². The molecule has 0 bridgehead atoms. The first-order chi connectivity index (χ1) is 17.1. The second kappa shape index (κ2) is 9.56. The van der Waals surface area contributed by atoms with E-state index in [1.165, 1.54) is 22.0 Å². The molecule has 0 saturated carbocycles. The maximum atomic E-state index is 13.8. The van der Waals surface area contributed by atoms with Gasteiger partial charge in [-0.1, -0.05) is 18.2 Å². The largest absolute Gasteiger partial charge is 0.383 e. The zero-order chi connectivity index (χ0) is 23.9. The SMILES string of the molecule is COCCN1C[C@H](C(=O)N2CCN(c3ccccn3)CC2)C[C@@H]2c3cccc4[nH]c(Br)c(c34)C[C@H]21. The van der Waals surface area contributed by atoms with E-state index in [1.54, 1.807) is 7.11 Å². The molecule has 0 unspecified atom stereocenters. The van der Waals surface area contributed by atoms with Crippen molar-refractivity contribution in [2.24, 2.45) is 5.92 Å². The Kier molecular flexibility index (Phi) is 6.28. The number of carbonyl (C=O) groups is 1. The normalized spacial score (nSPS) is 24.6. The molecule has 3 aliphatic rings. The van der Waals surface area contributed by atoms with Gasteiger partial charge in [-0.15, -0.1) is 0 Å². The fourth-order valence-electron chi connectivity index (χ4n) is 6.44. The Morgan fingerprint density at radius 2 is 2.03 bits per heavy atom. The molecule has 2 fully saturated rings. The summed E-state index contributed by atoms with van der Waals surface area (Å²) in [5, 5.41) is 1.35. The number of likely N-dealkylation sites (tertiary alicyclic amines) is 1. The van der Waals surface area contributed by atoms with E-state index in [0.29, 0.717) is 24.5 Å². The van der Waals surface area contributed by atoms with E-state index < -0.39 is 0 Å². The molecule has 184 valence electrons. The van der Waals surface area contributed by atoms with Crippen LogP contribution in [0.25, 0.3) is 10.9 Å². The predicted molar refractivity (Wildman–Crippen MR) is 141 cm³/mol. The van der Waals surface area contributed by atoms with Crippen LogP contribution >= 0.6 is 15.9 Å². The number of nitrogens with one attached hydrogen (secondary N) is 1. The third kappa shape index (κ3) is 4.15. The molecule has 2 saturated heterocycles. The molecule has 3 atom stereocenters. The van der Waals surface area contributed by atoms with Gasteiger partial charge in [0.25, 0.3) is 0 Å². The lowest BCUT2D eigenvalue weighted by Gasteiger charge is -2.48. The van der Waals surface area contributed by atoms with Crippen LogP contribution in [0.1, 0.15) is 23.5 Å². The molecule has 0 radical (unpaired) electrons. The van der Waals surface area contributed by atoms with Gasteiger partial charge in [-0.3, -0.25) is 9.69 Å². The molecule has 6 rings (SSSR count). The van der Waals surface area contributed by atoms with Crippen LogP contribution in [-0.2, 0) is 16.0 Å². The van der Waals surface area contributed by atoms with E-state index in [4.69, 9.17) is 4.74 Å². The van der Waals surface area contributed by atoms with E-state index >= 15 is 0 Å². The van der Waals surface area contributed by atoms with Crippen molar-refractivity contribution in [2.45, 2.75) is 24.8 Å². The van der Waals surface area contributed by atoms with Crippen LogP contribution in [0.15, 0.2) is 47.2 Å². The maximum absolute atomic E-state index is 13.8. The highest BCUT2D eigenvalue weighted by Crippen LogP contribution is 2.46. The second-order valence-electron chi connectivity index (χ2n) is 9.99. The highest BCUT2D eigenvalue weighted by molar-refractivity contribution is 9.10. The zero-order valence-corrected chi connectivity index (χ0v) is 21.7. The quantitative estimate of drug-likeness (QED) is 0.538. The molecule has 2 aromatic heterocycles.